The molecule has 0 saturated carbocycles. The number of carbonyl (C=O) groups excluding carboxylic acids is 1. The second-order valence-corrected chi connectivity index (χ2v) is 6.18. The van der Waals surface area contributed by atoms with Gasteiger partial charge in [-0.2, -0.15) is 0 Å². The quantitative estimate of drug-likeness (QED) is 0.895. The molecule has 1 aromatic rings. The van der Waals surface area contributed by atoms with Crippen molar-refractivity contribution in [1.29, 1.82) is 0 Å². The fourth-order valence-electron chi connectivity index (χ4n) is 2.91. The third kappa shape index (κ3) is 3.83. The molecule has 20 heavy (non-hydrogen) atoms. The molecule has 0 aliphatic carbocycles. The Morgan fingerprint density at radius 3 is 2.60 bits per heavy atom. The van der Waals surface area contributed by atoms with E-state index in [1.807, 2.05) is 11.9 Å². The molecule has 2 rings (SSSR count). The van der Waals surface area contributed by atoms with E-state index in [0.29, 0.717) is 24.3 Å². The third-order valence-corrected chi connectivity index (χ3v) is 4.29. The predicted molar refractivity (Wildman–Crippen MR) is 82.7 cm³/mol. The SMILES string of the molecule is CC(C)C(CNC1CCC(=O)N(C)C1)c1ccccc1. The van der Waals surface area contributed by atoms with Crippen LogP contribution in [0.5, 0.6) is 0 Å². The zero-order chi connectivity index (χ0) is 14.5. The molecule has 0 aromatic heterocycles. The molecule has 1 saturated heterocycles. The van der Waals surface area contributed by atoms with Gasteiger partial charge in [0, 0.05) is 32.6 Å². The summed E-state index contributed by atoms with van der Waals surface area (Å²) in [7, 11) is 1.90. The molecule has 1 heterocycles. The van der Waals surface area contributed by atoms with Gasteiger partial charge in [0.05, 0.1) is 0 Å². The zero-order valence-electron chi connectivity index (χ0n) is 12.8. The van der Waals surface area contributed by atoms with Gasteiger partial charge in [0.1, 0.15) is 0 Å². The average molecular weight is 274 g/mol. The van der Waals surface area contributed by atoms with Crippen LogP contribution in [0.25, 0.3) is 0 Å². The fourth-order valence-corrected chi connectivity index (χ4v) is 2.91. The summed E-state index contributed by atoms with van der Waals surface area (Å²) in [6.45, 7) is 6.36. The van der Waals surface area contributed by atoms with Crippen LogP contribution in [0.15, 0.2) is 30.3 Å². The number of hydrogen-bond acceptors (Lipinski definition) is 2. The van der Waals surface area contributed by atoms with Crippen molar-refractivity contribution in [1.82, 2.24) is 10.2 Å². The molecule has 1 aliphatic heterocycles. The number of amides is 1. The Labute approximate surface area is 122 Å². The maximum atomic E-state index is 11.5. The highest BCUT2D eigenvalue weighted by molar-refractivity contribution is 5.76. The van der Waals surface area contributed by atoms with Crippen molar-refractivity contribution < 1.29 is 4.79 Å². The lowest BCUT2D eigenvalue weighted by molar-refractivity contribution is -0.132. The van der Waals surface area contributed by atoms with Crippen molar-refractivity contribution in [3.63, 3.8) is 0 Å². The maximum Gasteiger partial charge on any atom is 0.222 e. The fraction of sp³-hybridized carbons (Fsp3) is 0.588. The van der Waals surface area contributed by atoms with E-state index < -0.39 is 0 Å². The Morgan fingerprint density at radius 2 is 2.00 bits per heavy atom. The number of piperidine rings is 1. The maximum absolute atomic E-state index is 11.5. The standard InChI is InChI=1S/C17H26N2O/c1-13(2)16(14-7-5-4-6-8-14)11-18-15-9-10-17(20)19(3)12-15/h4-8,13,15-16,18H,9-12H2,1-3H3. The highest BCUT2D eigenvalue weighted by atomic mass is 16.2. The van der Waals surface area contributed by atoms with E-state index in [1.165, 1.54) is 5.56 Å². The van der Waals surface area contributed by atoms with Gasteiger partial charge in [-0.3, -0.25) is 4.79 Å². The first kappa shape index (κ1) is 15.0. The van der Waals surface area contributed by atoms with Crippen LogP contribution < -0.4 is 5.32 Å². The van der Waals surface area contributed by atoms with E-state index in [0.717, 1.165) is 19.5 Å². The summed E-state index contributed by atoms with van der Waals surface area (Å²) >= 11 is 0. The van der Waals surface area contributed by atoms with E-state index in [-0.39, 0.29) is 5.91 Å². The van der Waals surface area contributed by atoms with Crippen LogP contribution in [0.1, 0.15) is 38.2 Å². The molecule has 1 N–H and O–H groups in total. The Balaban J connectivity index is 1.92. The minimum Gasteiger partial charge on any atom is -0.344 e. The first-order valence-corrected chi connectivity index (χ1v) is 7.60. The molecule has 1 fully saturated rings. The van der Waals surface area contributed by atoms with Gasteiger partial charge in [-0.15, -0.1) is 0 Å². The van der Waals surface area contributed by atoms with E-state index in [9.17, 15) is 4.79 Å². The van der Waals surface area contributed by atoms with Gasteiger partial charge >= 0.3 is 0 Å². The van der Waals surface area contributed by atoms with E-state index in [2.05, 4.69) is 49.5 Å². The molecule has 1 amide bonds. The molecule has 2 atom stereocenters. The Hall–Kier alpha value is -1.35. The summed E-state index contributed by atoms with van der Waals surface area (Å²) in [6, 6.07) is 11.1. The molecular weight excluding hydrogens is 248 g/mol. The van der Waals surface area contributed by atoms with Crippen molar-refractivity contribution in [3.05, 3.63) is 35.9 Å². The van der Waals surface area contributed by atoms with Gasteiger partial charge < -0.3 is 10.2 Å². The van der Waals surface area contributed by atoms with Gasteiger partial charge in [0.15, 0.2) is 0 Å². The second kappa shape index (κ2) is 6.89. The molecule has 110 valence electrons. The lowest BCUT2D eigenvalue weighted by Crippen LogP contribution is -2.47. The Kier molecular flexibility index (Phi) is 5.18. The molecule has 0 bridgehead atoms. The second-order valence-electron chi connectivity index (χ2n) is 6.18. The lowest BCUT2D eigenvalue weighted by Gasteiger charge is -2.32. The van der Waals surface area contributed by atoms with E-state index in [1.54, 1.807) is 0 Å². The van der Waals surface area contributed by atoms with E-state index >= 15 is 0 Å². The van der Waals surface area contributed by atoms with Gasteiger partial charge in [-0.05, 0) is 23.8 Å². The number of rotatable bonds is 5. The molecule has 3 nitrogen and oxygen atoms in total. The normalized spacial score (nSPS) is 21.3. The van der Waals surface area contributed by atoms with Crippen LogP contribution in [-0.2, 0) is 4.79 Å². The molecule has 1 aliphatic rings. The number of nitrogens with zero attached hydrogens (tertiary/aromatic N) is 1. The van der Waals surface area contributed by atoms with Crippen molar-refractivity contribution in [2.75, 3.05) is 20.1 Å². The van der Waals surface area contributed by atoms with Crippen LogP contribution in [0.4, 0.5) is 0 Å². The van der Waals surface area contributed by atoms with Gasteiger partial charge in [0.2, 0.25) is 5.91 Å². The third-order valence-electron chi connectivity index (χ3n) is 4.29. The van der Waals surface area contributed by atoms with Crippen molar-refractivity contribution in [2.24, 2.45) is 5.92 Å². The first-order valence-electron chi connectivity index (χ1n) is 7.60. The number of likely N-dealkylation sites (tertiary alicyclic amines) is 1. The summed E-state index contributed by atoms with van der Waals surface area (Å²) in [4.78, 5) is 13.3. The summed E-state index contributed by atoms with van der Waals surface area (Å²) in [6.07, 6.45) is 1.63. The van der Waals surface area contributed by atoms with Crippen LogP contribution >= 0.6 is 0 Å². The number of carbonyl (C=O) groups is 1. The molecule has 3 heteroatoms. The predicted octanol–water partition coefficient (Wildman–Crippen LogP) is 2.64. The molecule has 0 spiro atoms. The number of hydrogen-bond donors (Lipinski definition) is 1. The Morgan fingerprint density at radius 1 is 1.30 bits per heavy atom. The largest absolute Gasteiger partial charge is 0.344 e. The average Bonchev–Trinajstić information content (AvgIpc) is 2.44. The number of nitrogens with one attached hydrogen (secondary N) is 1. The van der Waals surface area contributed by atoms with Crippen LogP contribution in [0.2, 0.25) is 0 Å². The zero-order valence-corrected chi connectivity index (χ0v) is 12.8. The molecule has 2 unspecified atom stereocenters. The number of benzene rings is 1. The van der Waals surface area contributed by atoms with Gasteiger partial charge in [0.25, 0.3) is 0 Å². The molecule has 1 aromatic carbocycles. The minimum atomic E-state index is 0.270. The van der Waals surface area contributed by atoms with Gasteiger partial charge in [-0.1, -0.05) is 44.2 Å². The summed E-state index contributed by atoms with van der Waals surface area (Å²) in [5.74, 6) is 1.40. The first-order chi connectivity index (χ1) is 9.58. The highest BCUT2D eigenvalue weighted by Gasteiger charge is 2.24. The number of likely N-dealkylation sites (N-methyl/N-ethyl adjacent to an activating group) is 1. The smallest absolute Gasteiger partial charge is 0.222 e. The monoisotopic (exact) mass is 274 g/mol. The van der Waals surface area contributed by atoms with Crippen molar-refractivity contribution >= 4 is 5.91 Å². The van der Waals surface area contributed by atoms with Crippen molar-refractivity contribution in [3.8, 4) is 0 Å². The lowest BCUT2D eigenvalue weighted by atomic mass is 9.88. The molecule has 0 radical (unpaired) electrons. The summed E-state index contributed by atoms with van der Waals surface area (Å²) in [5, 5.41) is 3.66. The highest BCUT2D eigenvalue weighted by Crippen LogP contribution is 2.24. The van der Waals surface area contributed by atoms with Crippen LogP contribution in [0.3, 0.4) is 0 Å². The summed E-state index contributed by atoms with van der Waals surface area (Å²) < 4.78 is 0. The molecular formula is C17H26N2O. The Bertz CT molecular complexity index is 430. The minimum absolute atomic E-state index is 0.270. The van der Waals surface area contributed by atoms with Gasteiger partial charge in [-0.25, -0.2) is 0 Å². The van der Waals surface area contributed by atoms with Crippen LogP contribution in [0, 0.1) is 5.92 Å². The van der Waals surface area contributed by atoms with Crippen molar-refractivity contribution in [2.45, 2.75) is 38.6 Å². The van der Waals surface area contributed by atoms with E-state index in [4.69, 9.17) is 0 Å². The summed E-state index contributed by atoms with van der Waals surface area (Å²) in [5.41, 5.74) is 1.40. The topological polar surface area (TPSA) is 32.3 Å². The van der Waals surface area contributed by atoms with Crippen LogP contribution in [-0.4, -0.2) is 37.0 Å².